The molecule has 0 aliphatic carbocycles. The summed E-state index contributed by atoms with van der Waals surface area (Å²) in [6.07, 6.45) is 7.15. The zero-order valence-electron chi connectivity index (χ0n) is 7.57. The molecule has 6 heteroatoms. The van der Waals surface area contributed by atoms with Crippen LogP contribution in [-0.4, -0.2) is 24.2 Å². The third kappa shape index (κ3) is 4.38. The minimum atomic E-state index is -4.60. The van der Waals surface area contributed by atoms with Crippen LogP contribution < -0.4 is 5.26 Å². The molecule has 0 amide bonds. The molecule has 82 valence electrons. The summed E-state index contributed by atoms with van der Waals surface area (Å²) in [6, 6.07) is 0. The van der Waals surface area contributed by atoms with Crippen molar-refractivity contribution in [1.29, 1.82) is 0 Å². The molecule has 13 heavy (non-hydrogen) atoms. The van der Waals surface area contributed by atoms with Gasteiger partial charge in [-0.3, -0.25) is 5.04 Å². The summed E-state index contributed by atoms with van der Waals surface area (Å²) in [7, 11) is -3.47. The van der Waals surface area contributed by atoms with Gasteiger partial charge in [0.05, 0.1) is 7.11 Å². The molecule has 0 unspecified atom stereocenters. The van der Waals surface area contributed by atoms with E-state index >= 15 is 0 Å². The molecule has 1 N–H and O–H groups in total. The molecule has 0 heterocycles. The summed E-state index contributed by atoms with van der Waals surface area (Å²) in [4.78, 5) is 0. The van der Waals surface area contributed by atoms with Crippen molar-refractivity contribution in [2.24, 2.45) is 0 Å². The first-order valence-electron chi connectivity index (χ1n) is 2.57. The molecule has 0 spiro atoms. The fourth-order valence-electron chi connectivity index (χ4n) is 0.189. The zero-order valence-corrected chi connectivity index (χ0v) is 8.38. The largest absolute Gasteiger partial charge is 0.691 e. The van der Waals surface area contributed by atoms with Crippen LogP contribution in [0.5, 0.6) is 0 Å². The van der Waals surface area contributed by atoms with Crippen LogP contribution in [0.4, 0.5) is 0 Å². The normalized spacial score (nSPS) is 15.4. The summed E-state index contributed by atoms with van der Waals surface area (Å²) in [5.41, 5.74) is 0. The lowest BCUT2D eigenvalue weighted by atomic mass is 11.4. The fraction of sp³-hybridized carbons (Fsp3) is 0.571. The Morgan fingerprint density at radius 1 is 1.46 bits per heavy atom. The summed E-state index contributed by atoms with van der Waals surface area (Å²) in [5, 5.41) is 14.6. The van der Waals surface area contributed by atoms with Crippen molar-refractivity contribution in [3.8, 4) is 11.7 Å². The average Bonchev–Trinajstić information content (AvgIpc) is 1.89. The Balaban J connectivity index is -0.000000500. The Morgan fingerprint density at radius 2 is 1.85 bits per heavy atom. The first-order valence-corrected chi connectivity index (χ1v) is 5.64. The molecule has 0 radical (unpaired) electrons. The van der Waals surface area contributed by atoms with Crippen LogP contribution in [0.15, 0.2) is 0 Å². The van der Waals surface area contributed by atoms with E-state index in [1.807, 2.05) is 5.25 Å². The summed E-state index contributed by atoms with van der Waals surface area (Å²) in [6.45, 7) is 0. The summed E-state index contributed by atoms with van der Waals surface area (Å²) >= 11 is 0. The van der Waals surface area contributed by atoms with Gasteiger partial charge in [0.1, 0.15) is 0 Å². The van der Waals surface area contributed by atoms with Gasteiger partial charge in [-0.05, 0) is 5.25 Å². The Hall–Kier alpha value is -0.420. The Morgan fingerprint density at radius 3 is 1.92 bits per heavy atom. The van der Waals surface area contributed by atoms with Crippen LogP contribution in [0.3, 0.4) is 0 Å². The maximum Gasteiger partial charge on any atom is 0.0521 e. The third-order valence-corrected chi connectivity index (χ3v) is 3.60. The van der Waals surface area contributed by atoms with Gasteiger partial charge in [0.15, 0.2) is 0 Å². The van der Waals surface area contributed by atoms with Crippen molar-refractivity contribution >= 4 is 9.14 Å². The molecule has 0 fully saturated rings. The van der Waals surface area contributed by atoms with Crippen molar-refractivity contribution in [3.05, 3.63) is 7.43 Å². The highest BCUT2D eigenvalue weighted by atomic mass is 32.4. The van der Waals surface area contributed by atoms with Gasteiger partial charge < -0.3 is 14.0 Å². The second-order valence-electron chi connectivity index (χ2n) is 2.74. The van der Waals surface area contributed by atoms with E-state index in [0.29, 0.717) is 0 Å². The van der Waals surface area contributed by atoms with Crippen LogP contribution in [-0.2, 0) is 13.6 Å². The first-order chi connectivity index (χ1) is 4.71. The molecule has 0 aliphatic heterocycles. The van der Waals surface area contributed by atoms with Crippen LogP contribution in [0.1, 0.15) is 7.43 Å². The number of hydrogen-bond acceptors (Lipinski definition) is 5. The van der Waals surface area contributed by atoms with Gasteiger partial charge in [0, 0.05) is 29.1 Å². The molecule has 0 aromatic carbocycles. The SMILES string of the molecule is C.C#CS(C)(C)(O)(OC)OO[O-].[CH3+]. The monoisotopic (exact) mass is 214 g/mol. The standard InChI is InChI=1S/C5H12O5S.CH4.CH3/c1-5-11(3,4,7,8-2)10-9-6;;/h1,6-7H,2-4H3;1H4;1H3/q;;+1/p-1. The summed E-state index contributed by atoms with van der Waals surface area (Å²) < 4.78 is 18.3. The van der Waals surface area contributed by atoms with Crippen molar-refractivity contribution in [1.82, 2.24) is 0 Å². The fourth-order valence-corrected chi connectivity index (χ4v) is 0.566. The van der Waals surface area contributed by atoms with Crippen LogP contribution in [0, 0.1) is 19.1 Å². The van der Waals surface area contributed by atoms with Crippen LogP contribution in [0.25, 0.3) is 0 Å². The average molecular weight is 214 g/mol. The van der Waals surface area contributed by atoms with E-state index < -0.39 is 9.14 Å². The third-order valence-electron chi connectivity index (χ3n) is 1.20. The second-order valence-corrected chi connectivity index (χ2v) is 8.10. The Labute approximate surface area is 79.3 Å². The number of terminal acetylenes is 1. The molecule has 0 atom stereocenters. The van der Waals surface area contributed by atoms with Gasteiger partial charge in [0.2, 0.25) is 0 Å². The van der Waals surface area contributed by atoms with Crippen molar-refractivity contribution < 1.29 is 23.4 Å². The van der Waals surface area contributed by atoms with E-state index in [1.54, 1.807) is 0 Å². The van der Waals surface area contributed by atoms with Crippen molar-refractivity contribution in [2.45, 2.75) is 7.43 Å². The lowest BCUT2D eigenvalue weighted by Crippen LogP contribution is -2.37. The Kier molecular flexibility index (Phi) is 5.31. The van der Waals surface area contributed by atoms with Crippen molar-refractivity contribution in [2.75, 3.05) is 19.6 Å². The van der Waals surface area contributed by atoms with Gasteiger partial charge >= 0.3 is 0 Å². The van der Waals surface area contributed by atoms with E-state index in [9.17, 15) is 9.81 Å². The molecule has 5 nitrogen and oxygen atoms in total. The maximum atomic E-state index is 9.67. The highest BCUT2D eigenvalue weighted by molar-refractivity contribution is 8.56. The lowest BCUT2D eigenvalue weighted by Gasteiger charge is -2.62. The molecule has 0 saturated heterocycles. The van der Waals surface area contributed by atoms with Crippen LogP contribution >= 0.6 is 9.14 Å². The van der Waals surface area contributed by atoms with E-state index in [0.717, 1.165) is 19.6 Å². The smallest absolute Gasteiger partial charge is 0.0521 e. The lowest BCUT2D eigenvalue weighted by molar-refractivity contribution is -0.780. The first kappa shape index (κ1) is 18.4. The van der Waals surface area contributed by atoms with Gasteiger partial charge in [-0.25, -0.2) is 0 Å². The minimum absolute atomic E-state index is 0. The van der Waals surface area contributed by atoms with Gasteiger partial charge in [-0.15, -0.1) is 6.42 Å². The van der Waals surface area contributed by atoms with E-state index in [1.165, 1.54) is 0 Å². The highest BCUT2D eigenvalue weighted by Crippen LogP contribution is 2.81. The zero-order chi connectivity index (χ0) is 9.24. The maximum absolute atomic E-state index is 9.67. The molecular weight excluding hydrogens is 196 g/mol. The van der Waals surface area contributed by atoms with Crippen molar-refractivity contribution in [3.63, 3.8) is 0 Å². The molecule has 0 aliphatic rings. The quantitative estimate of drug-likeness (QED) is 0.328. The predicted molar refractivity (Wildman–Crippen MR) is 53.2 cm³/mol. The molecule has 0 bridgehead atoms. The van der Waals surface area contributed by atoms with E-state index in [-0.39, 0.29) is 14.9 Å². The number of rotatable bonds is 3. The topological polar surface area (TPSA) is 71.0 Å². The Bertz CT molecular complexity index is 208. The summed E-state index contributed by atoms with van der Waals surface area (Å²) in [5.74, 6) is 0. The molecular formula is C7H18O5S. The van der Waals surface area contributed by atoms with E-state index in [2.05, 4.69) is 13.6 Å². The second kappa shape index (κ2) is 3.75. The predicted octanol–water partition coefficient (Wildman–Crippen LogP) is 0.972. The van der Waals surface area contributed by atoms with Gasteiger partial charge in [0.25, 0.3) is 0 Å². The molecule has 0 saturated carbocycles. The minimum Gasteiger partial charge on any atom is -0.691 e. The van der Waals surface area contributed by atoms with Gasteiger partial charge in [-0.2, -0.15) is 4.33 Å². The van der Waals surface area contributed by atoms with E-state index in [4.69, 9.17) is 6.42 Å². The molecule has 0 rings (SSSR count). The number of hydrogen-bond donors (Lipinski definition) is 1. The van der Waals surface area contributed by atoms with Crippen LogP contribution in [0.2, 0.25) is 0 Å². The molecule has 0 aromatic heterocycles. The van der Waals surface area contributed by atoms with Gasteiger partial charge in [-0.1, -0.05) is 7.43 Å². The molecule has 0 aromatic rings. The highest BCUT2D eigenvalue weighted by Gasteiger charge is 2.49.